The largest absolute Gasteiger partial charge is 0.508 e. The number of piperidine rings is 1. The lowest BCUT2D eigenvalue weighted by Gasteiger charge is -2.46. The topological polar surface area (TPSA) is 69.6 Å². The van der Waals surface area contributed by atoms with E-state index >= 15 is 0 Å². The molecule has 0 radical (unpaired) electrons. The zero-order chi connectivity index (χ0) is 26.4. The number of benzene rings is 2. The van der Waals surface area contributed by atoms with Crippen molar-refractivity contribution in [3.8, 4) is 5.75 Å². The van der Waals surface area contributed by atoms with Crippen LogP contribution in [0, 0.1) is 17.8 Å². The highest BCUT2D eigenvalue weighted by molar-refractivity contribution is 5.96. The van der Waals surface area contributed by atoms with Crippen LogP contribution in [0.1, 0.15) is 80.8 Å². The van der Waals surface area contributed by atoms with Gasteiger partial charge in [-0.2, -0.15) is 0 Å². The molecular weight excluding hydrogens is 460 g/mol. The van der Waals surface area contributed by atoms with Crippen LogP contribution in [0.4, 0.5) is 0 Å². The second kappa shape index (κ2) is 12.7. The van der Waals surface area contributed by atoms with Gasteiger partial charge in [0.1, 0.15) is 11.5 Å². The summed E-state index contributed by atoms with van der Waals surface area (Å²) in [6, 6.07) is 15.4. The molecule has 5 heteroatoms. The first-order valence-electron chi connectivity index (χ1n) is 14.3. The molecule has 2 fully saturated rings. The molecule has 5 atom stereocenters. The van der Waals surface area contributed by atoms with Crippen LogP contribution in [0.3, 0.4) is 0 Å². The minimum absolute atomic E-state index is 0.0166. The fraction of sp³-hybridized carbons (Fsp3) is 0.562. The van der Waals surface area contributed by atoms with E-state index in [1.807, 2.05) is 24.3 Å². The van der Waals surface area contributed by atoms with Crippen LogP contribution in [-0.4, -0.2) is 46.9 Å². The van der Waals surface area contributed by atoms with E-state index < -0.39 is 0 Å². The van der Waals surface area contributed by atoms with E-state index in [1.54, 1.807) is 19.1 Å². The van der Waals surface area contributed by atoms with Crippen LogP contribution < -0.4 is 5.32 Å². The molecule has 1 heterocycles. The van der Waals surface area contributed by atoms with Crippen molar-refractivity contribution in [2.24, 2.45) is 17.8 Å². The molecule has 5 unspecified atom stereocenters. The number of Topliss-reactive ketones (excluding diaryl/α,β-unsaturated/α-hetero) is 1. The number of ketones is 1. The van der Waals surface area contributed by atoms with Crippen molar-refractivity contribution in [1.82, 2.24) is 10.2 Å². The van der Waals surface area contributed by atoms with Crippen molar-refractivity contribution in [2.45, 2.75) is 84.2 Å². The minimum Gasteiger partial charge on any atom is -0.508 e. The SMILES string of the molecule is CCCc1c(O)cccc1C(=O)NC(Cc1ccccc1)C(C)CN1CC2CCCCC2CC1C(C)=O. The number of aromatic hydroxyl groups is 1. The molecule has 2 aromatic rings. The number of carbonyl (C=O) groups is 2. The van der Waals surface area contributed by atoms with Gasteiger partial charge in [-0.05, 0) is 68.1 Å². The molecular formula is C32H44N2O3. The van der Waals surface area contributed by atoms with Gasteiger partial charge in [0.2, 0.25) is 0 Å². The van der Waals surface area contributed by atoms with E-state index in [0.29, 0.717) is 29.4 Å². The van der Waals surface area contributed by atoms with Gasteiger partial charge in [-0.25, -0.2) is 0 Å². The summed E-state index contributed by atoms with van der Waals surface area (Å²) in [7, 11) is 0. The fourth-order valence-corrected chi connectivity index (χ4v) is 6.63. The predicted molar refractivity (Wildman–Crippen MR) is 149 cm³/mol. The van der Waals surface area contributed by atoms with Gasteiger partial charge >= 0.3 is 0 Å². The number of hydrogen-bond acceptors (Lipinski definition) is 4. The van der Waals surface area contributed by atoms with Crippen LogP contribution >= 0.6 is 0 Å². The Morgan fingerprint density at radius 1 is 1.05 bits per heavy atom. The summed E-state index contributed by atoms with van der Waals surface area (Å²) in [5, 5.41) is 13.8. The maximum Gasteiger partial charge on any atom is 0.251 e. The molecule has 4 rings (SSSR count). The standard InChI is InChI=1S/C32H44N2O3/c1-4-11-27-28(16-10-17-31(27)36)32(37)33-29(18-24-12-6-5-7-13-24)22(2)20-34-21-26-15-9-8-14-25(26)19-30(34)23(3)35/h5-7,10,12-13,16-17,22,25-26,29-30,36H,4,8-9,11,14-15,18-21H2,1-3H3,(H,33,37). The molecule has 2 aliphatic rings. The summed E-state index contributed by atoms with van der Waals surface area (Å²) >= 11 is 0. The lowest BCUT2D eigenvalue weighted by molar-refractivity contribution is -0.126. The molecule has 1 saturated carbocycles. The van der Waals surface area contributed by atoms with Crippen LogP contribution in [0.2, 0.25) is 0 Å². The molecule has 0 aromatic heterocycles. The summed E-state index contributed by atoms with van der Waals surface area (Å²) in [6.07, 6.45) is 8.33. The van der Waals surface area contributed by atoms with E-state index in [2.05, 4.69) is 36.2 Å². The van der Waals surface area contributed by atoms with Crippen LogP contribution in [0.25, 0.3) is 0 Å². The Morgan fingerprint density at radius 2 is 1.78 bits per heavy atom. The Bertz CT molecular complexity index is 1050. The van der Waals surface area contributed by atoms with Crippen molar-refractivity contribution in [1.29, 1.82) is 0 Å². The van der Waals surface area contributed by atoms with Gasteiger partial charge in [0, 0.05) is 30.3 Å². The molecule has 200 valence electrons. The van der Waals surface area contributed by atoms with E-state index in [-0.39, 0.29) is 35.4 Å². The van der Waals surface area contributed by atoms with Crippen molar-refractivity contribution in [3.63, 3.8) is 0 Å². The number of hydrogen-bond donors (Lipinski definition) is 2. The number of carbonyl (C=O) groups excluding carboxylic acids is 2. The fourth-order valence-electron chi connectivity index (χ4n) is 6.63. The summed E-state index contributed by atoms with van der Waals surface area (Å²) in [5.41, 5.74) is 2.44. The summed E-state index contributed by atoms with van der Waals surface area (Å²) < 4.78 is 0. The van der Waals surface area contributed by atoms with Gasteiger partial charge in [-0.1, -0.05) is 75.9 Å². The number of nitrogens with one attached hydrogen (secondary N) is 1. The van der Waals surface area contributed by atoms with Crippen LogP contribution in [0.15, 0.2) is 48.5 Å². The third-order valence-corrected chi connectivity index (χ3v) is 8.69. The quantitative estimate of drug-likeness (QED) is 0.430. The zero-order valence-electron chi connectivity index (χ0n) is 22.8. The van der Waals surface area contributed by atoms with E-state index in [4.69, 9.17) is 0 Å². The first-order valence-corrected chi connectivity index (χ1v) is 14.3. The van der Waals surface area contributed by atoms with Gasteiger partial charge in [-0.15, -0.1) is 0 Å². The number of fused-ring (bicyclic) bond motifs is 1. The number of phenols is 1. The first kappa shape index (κ1) is 27.4. The van der Waals surface area contributed by atoms with Gasteiger partial charge < -0.3 is 10.4 Å². The maximum absolute atomic E-state index is 13.6. The number of likely N-dealkylation sites (tertiary alicyclic amines) is 1. The lowest BCUT2D eigenvalue weighted by atomic mass is 9.72. The summed E-state index contributed by atoms with van der Waals surface area (Å²) in [5.74, 6) is 1.82. The molecule has 1 amide bonds. The number of nitrogens with zero attached hydrogens (tertiary/aromatic N) is 1. The Balaban J connectivity index is 1.54. The number of phenolic OH excluding ortho intramolecular Hbond substituents is 1. The predicted octanol–water partition coefficient (Wildman–Crippen LogP) is 5.79. The van der Waals surface area contributed by atoms with Gasteiger partial charge in [-0.3, -0.25) is 14.5 Å². The van der Waals surface area contributed by atoms with Gasteiger partial charge in [0.05, 0.1) is 6.04 Å². The monoisotopic (exact) mass is 504 g/mol. The van der Waals surface area contributed by atoms with E-state index in [0.717, 1.165) is 32.4 Å². The molecule has 0 spiro atoms. The van der Waals surface area contributed by atoms with Crippen molar-refractivity contribution < 1.29 is 14.7 Å². The molecule has 2 aromatic carbocycles. The summed E-state index contributed by atoms with van der Waals surface area (Å²) in [6.45, 7) is 7.76. The van der Waals surface area contributed by atoms with Crippen molar-refractivity contribution >= 4 is 11.7 Å². The highest BCUT2D eigenvalue weighted by Crippen LogP contribution is 2.39. The van der Waals surface area contributed by atoms with Crippen molar-refractivity contribution in [3.05, 3.63) is 65.2 Å². The smallest absolute Gasteiger partial charge is 0.251 e. The normalized spacial score (nSPS) is 23.6. The number of rotatable bonds is 10. The third kappa shape index (κ3) is 6.81. The average molecular weight is 505 g/mol. The molecule has 5 nitrogen and oxygen atoms in total. The third-order valence-electron chi connectivity index (χ3n) is 8.69. The molecule has 2 N–H and O–H groups in total. The van der Waals surface area contributed by atoms with Gasteiger partial charge in [0.15, 0.2) is 0 Å². The first-order chi connectivity index (χ1) is 17.9. The Labute approximate surface area is 222 Å². The van der Waals surface area contributed by atoms with E-state index in [1.165, 1.54) is 31.2 Å². The molecule has 37 heavy (non-hydrogen) atoms. The zero-order valence-corrected chi connectivity index (χ0v) is 22.8. The van der Waals surface area contributed by atoms with Gasteiger partial charge in [0.25, 0.3) is 5.91 Å². The Kier molecular flexibility index (Phi) is 9.42. The second-order valence-corrected chi connectivity index (χ2v) is 11.4. The maximum atomic E-state index is 13.6. The Morgan fingerprint density at radius 3 is 2.49 bits per heavy atom. The molecule has 1 aliphatic heterocycles. The number of amides is 1. The second-order valence-electron chi connectivity index (χ2n) is 11.4. The minimum atomic E-state index is -0.138. The molecule has 0 bridgehead atoms. The van der Waals surface area contributed by atoms with Crippen LogP contribution in [-0.2, 0) is 17.6 Å². The average Bonchev–Trinajstić information content (AvgIpc) is 2.89. The Hall–Kier alpha value is -2.66. The summed E-state index contributed by atoms with van der Waals surface area (Å²) in [4.78, 5) is 28.7. The van der Waals surface area contributed by atoms with Crippen LogP contribution in [0.5, 0.6) is 5.75 Å². The lowest BCUT2D eigenvalue weighted by Crippen LogP contribution is -2.54. The van der Waals surface area contributed by atoms with E-state index in [9.17, 15) is 14.7 Å². The van der Waals surface area contributed by atoms with Crippen molar-refractivity contribution in [2.75, 3.05) is 13.1 Å². The molecule has 1 saturated heterocycles. The highest BCUT2D eigenvalue weighted by Gasteiger charge is 2.39. The highest BCUT2D eigenvalue weighted by atomic mass is 16.3. The molecule has 1 aliphatic carbocycles.